The minimum absolute atomic E-state index is 0. The molecule has 0 N–H and O–H groups in total. The Bertz CT molecular complexity index is 838. The molecule has 0 unspecified atom stereocenters. The zero-order chi connectivity index (χ0) is 23.0. The summed E-state index contributed by atoms with van der Waals surface area (Å²) >= 11 is 0. The van der Waals surface area contributed by atoms with E-state index in [2.05, 4.69) is 91.9 Å². The van der Waals surface area contributed by atoms with E-state index < -0.39 is 7.92 Å². The quantitative estimate of drug-likeness (QED) is 0.0892. The van der Waals surface area contributed by atoms with Gasteiger partial charge in [0.2, 0.25) is 0 Å². The van der Waals surface area contributed by atoms with Crippen molar-refractivity contribution in [2.24, 2.45) is 0 Å². The van der Waals surface area contributed by atoms with E-state index in [0.29, 0.717) is 0 Å². The molecule has 0 aromatic heterocycles. The maximum absolute atomic E-state index is 2.38. The molecule has 0 aliphatic rings. The fraction of sp³-hybridized carbons (Fsp3) is 0.438. The molecule has 0 atom stereocenters. The van der Waals surface area contributed by atoms with Crippen molar-refractivity contribution in [1.29, 1.82) is 0 Å². The normalized spacial score (nSPS) is 10.9. The monoisotopic (exact) mass is 586 g/mol. The highest BCUT2D eigenvalue weighted by molar-refractivity contribution is 14.0. The summed E-state index contributed by atoms with van der Waals surface area (Å²) in [5.74, 6) is 0. The number of hydrogen-bond acceptors (Lipinski definition) is 0. The van der Waals surface area contributed by atoms with Gasteiger partial charge in [-0.25, -0.2) is 0 Å². The SMILES string of the molecule is CCCCCCCCCCCCCCc1ccccc1P(c1ccccc1)c1ccccc1.I. The molecule has 0 heterocycles. The van der Waals surface area contributed by atoms with E-state index in [1.54, 1.807) is 5.56 Å². The van der Waals surface area contributed by atoms with Crippen molar-refractivity contribution in [1.82, 2.24) is 0 Å². The molecule has 0 radical (unpaired) electrons. The molecule has 0 fully saturated rings. The molecule has 0 aliphatic carbocycles. The van der Waals surface area contributed by atoms with Crippen molar-refractivity contribution < 1.29 is 0 Å². The van der Waals surface area contributed by atoms with E-state index in [4.69, 9.17) is 0 Å². The van der Waals surface area contributed by atoms with E-state index in [0.717, 1.165) is 0 Å². The van der Waals surface area contributed by atoms with Gasteiger partial charge in [0.05, 0.1) is 0 Å². The molecule has 0 aliphatic heterocycles. The van der Waals surface area contributed by atoms with Crippen molar-refractivity contribution in [3.63, 3.8) is 0 Å². The second-order valence-electron chi connectivity index (χ2n) is 9.27. The van der Waals surface area contributed by atoms with E-state index in [1.165, 1.54) is 99.4 Å². The van der Waals surface area contributed by atoms with Crippen LogP contribution in [-0.4, -0.2) is 0 Å². The van der Waals surface area contributed by atoms with Crippen LogP contribution in [0.3, 0.4) is 0 Å². The average molecular weight is 587 g/mol. The van der Waals surface area contributed by atoms with Crippen LogP contribution in [-0.2, 0) is 6.42 Å². The van der Waals surface area contributed by atoms with Gasteiger partial charge in [0.15, 0.2) is 0 Å². The zero-order valence-corrected chi connectivity index (χ0v) is 24.4. The van der Waals surface area contributed by atoms with Crippen molar-refractivity contribution in [2.45, 2.75) is 90.4 Å². The van der Waals surface area contributed by atoms with Crippen LogP contribution in [0.15, 0.2) is 84.9 Å². The zero-order valence-electron chi connectivity index (χ0n) is 21.1. The van der Waals surface area contributed by atoms with Gasteiger partial charge in [-0.1, -0.05) is 162 Å². The highest BCUT2D eigenvalue weighted by Gasteiger charge is 2.18. The Morgan fingerprint density at radius 2 is 0.882 bits per heavy atom. The Hall–Kier alpha value is -1.18. The first-order chi connectivity index (χ1) is 16.4. The van der Waals surface area contributed by atoms with Crippen molar-refractivity contribution >= 4 is 47.8 Å². The van der Waals surface area contributed by atoms with Gasteiger partial charge in [-0.3, -0.25) is 0 Å². The summed E-state index contributed by atoms with van der Waals surface area (Å²) in [6.07, 6.45) is 18.1. The Kier molecular flexibility index (Phi) is 15.5. The van der Waals surface area contributed by atoms with Gasteiger partial charge in [0, 0.05) is 0 Å². The third-order valence-electron chi connectivity index (χ3n) is 6.56. The molecule has 0 nitrogen and oxygen atoms in total. The molecule has 0 bridgehead atoms. The first kappa shape index (κ1) is 29.1. The van der Waals surface area contributed by atoms with Crippen LogP contribution >= 0.6 is 31.9 Å². The number of halogens is 1. The maximum atomic E-state index is 2.38. The van der Waals surface area contributed by atoms with Crippen LogP contribution in [0.1, 0.15) is 89.5 Å². The number of benzene rings is 3. The average Bonchev–Trinajstić information content (AvgIpc) is 2.87. The standard InChI is InChI=1S/C32H43P.HI/c1-2-3-4-5-6-7-8-9-10-11-12-15-22-29-23-20-21-28-32(29)33(30-24-16-13-17-25-30)31-26-18-14-19-27-31;/h13-14,16-21,23-28H,2-12,15,22H2,1H3;1H. The second kappa shape index (κ2) is 18.1. The van der Waals surface area contributed by atoms with E-state index in [-0.39, 0.29) is 24.0 Å². The molecule has 184 valence electrons. The number of aryl methyl sites for hydroxylation is 1. The first-order valence-corrected chi connectivity index (χ1v) is 14.7. The van der Waals surface area contributed by atoms with Crippen LogP contribution in [0.25, 0.3) is 0 Å². The lowest BCUT2D eigenvalue weighted by molar-refractivity contribution is 0.544. The fourth-order valence-electron chi connectivity index (χ4n) is 4.68. The van der Waals surface area contributed by atoms with Crippen molar-refractivity contribution in [3.05, 3.63) is 90.5 Å². The highest BCUT2D eigenvalue weighted by Crippen LogP contribution is 2.34. The van der Waals surface area contributed by atoms with E-state index in [1.807, 2.05) is 0 Å². The minimum atomic E-state index is -0.507. The van der Waals surface area contributed by atoms with E-state index in [9.17, 15) is 0 Å². The highest BCUT2D eigenvalue weighted by atomic mass is 127. The molecule has 3 aromatic carbocycles. The molecular formula is C32H44IP. The van der Waals surface area contributed by atoms with Gasteiger partial charge >= 0.3 is 0 Å². The fourth-order valence-corrected chi connectivity index (χ4v) is 7.18. The lowest BCUT2D eigenvalue weighted by Gasteiger charge is -2.22. The summed E-state index contributed by atoms with van der Waals surface area (Å²) in [6, 6.07) is 31.4. The van der Waals surface area contributed by atoms with Gasteiger partial charge in [-0.15, -0.1) is 24.0 Å². The molecule has 34 heavy (non-hydrogen) atoms. The maximum Gasteiger partial charge on any atom is -0.0119 e. The smallest absolute Gasteiger partial charge is 0.0119 e. The van der Waals surface area contributed by atoms with Crippen LogP contribution in [0.2, 0.25) is 0 Å². The van der Waals surface area contributed by atoms with Crippen molar-refractivity contribution in [3.8, 4) is 0 Å². The summed E-state index contributed by atoms with van der Waals surface area (Å²) in [7, 11) is -0.507. The molecule has 2 heteroatoms. The summed E-state index contributed by atoms with van der Waals surface area (Å²) in [5.41, 5.74) is 1.54. The Morgan fingerprint density at radius 1 is 0.471 bits per heavy atom. The molecule has 3 rings (SSSR count). The lowest BCUT2D eigenvalue weighted by Crippen LogP contribution is -2.23. The lowest BCUT2D eigenvalue weighted by atomic mass is 10.0. The van der Waals surface area contributed by atoms with E-state index >= 15 is 0 Å². The molecule has 0 saturated carbocycles. The third-order valence-corrected chi connectivity index (χ3v) is 9.11. The number of hydrogen-bond donors (Lipinski definition) is 0. The number of rotatable bonds is 16. The largest absolute Gasteiger partial charge is 0.107 e. The minimum Gasteiger partial charge on any atom is -0.107 e. The van der Waals surface area contributed by atoms with Gasteiger partial charge in [-0.2, -0.15) is 0 Å². The number of unbranched alkanes of at least 4 members (excludes halogenated alkanes) is 11. The molecule has 0 spiro atoms. The van der Waals surface area contributed by atoms with Gasteiger partial charge in [0.25, 0.3) is 0 Å². The predicted octanol–water partition coefficient (Wildman–Crippen LogP) is 9.31. The van der Waals surface area contributed by atoms with Crippen molar-refractivity contribution in [2.75, 3.05) is 0 Å². The van der Waals surface area contributed by atoms with Crippen LogP contribution in [0, 0.1) is 0 Å². The summed E-state index contributed by atoms with van der Waals surface area (Å²) < 4.78 is 0. The summed E-state index contributed by atoms with van der Waals surface area (Å²) in [6.45, 7) is 2.30. The Labute approximate surface area is 227 Å². The predicted molar refractivity (Wildman–Crippen MR) is 165 cm³/mol. The molecule has 0 saturated heterocycles. The topological polar surface area (TPSA) is 0 Å². The van der Waals surface area contributed by atoms with Crippen LogP contribution < -0.4 is 15.9 Å². The Morgan fingerprint density at radius 3 is 1.38 bits per heavy atom. The first-order valence-electron chi connectivity index (χ1n) is 13.4. The summed E-state index contributed by atoms with van der Waals surface area (Å²) in [4.78, 5) is 0. The van der Waals surface area contributed by atoms with Crippen LogP contribution in [0.4, 0.5) is 0 Å². The van der Waals surface area contributed by atoms with Gasteiger partial charge < -0.3 is 0 Å². The third kappa shape index (κ3) is 10.2. The van der Waals surface area contributed by atoms with Gasteiger partial charge in [-0.05, 0) is 42.2 Å². The van der Waals surface area contributed by atoms with Crippen LogP contribution in [0.5, 0.6) is 0 Å². The second-order valence-corrected chi connectivity index (χ2v) is 11.5. The Balaban J connectivity index is 0.00000408. The van der Waals surface area contributed by atoms with Gasteiger partial charge in [0.1, 0.15) is 0 Å². The molecule has 0 amide bonds. The molecular weight excluding hydrogens is 542 g/mol. The molecule has 3 aromatic rings. The summed E-state index contributed by atoms with van der Waals surface area (Å²) in [5, 5.41) is 4.43.